The molecule has 0 fully saturated rings. The van der Waals surface area contributed by atoms with Crippen molar-refractivity contribution in [1.29, 1.82) is 0 Å². The molecule has 0 unspecified atom stereocenters. The first-order chi connectivity index (χ1) is 12.7. The van der Waals surface area contributed by atoms with Gasteiger partial charge in [-0.05, 0) is 112 Å². The van der Waals surface area contributed by atoms with E-state index in [4.69, 9.17) is 0 Å². The fourth-order valence-electron chi connectivity index (χ4n) is 4.50. The highest BCUT2D eigenvalue weighted by Gasteiger charge is 2.35. The van der Waals surface area contributed by atoms with Gasteiger partial charge in [0.25, 0.3) is 0 Å². The Morgan fingerprint density at radius 2 is 0.852 bits per heavy atom. The lowest BCUT2D eigenvalue weighted by molar-refractivity contribution is 0.976. The van der Waals surface area contributed by atoms with Gasteiger partial charge in [-0.2, -0.15) is 10.2 Å². The molecule has 2 heteroatoms. The maximum Gasteiger partial charge on any atom is 0.0570 e. The van der Waals surface area contributed by atoms with Crippen molar-refractivity contribution in [2.45, 2.75) is 34.6 Å². The van der Waals surface area contributed by atoms with Crippen LogP contribution < -0.4 is 0 Å². The number of hydrogen-bond acceptors (Lipinski definition) is 2. The second-order valence-electron chi connectivity index (χ2n) is 7.32. The quantitative estimate of drug-likeness (QED) is 0.481. The molecule has 2 aliphatic rings. The van der Waals surface area contributed by atoms with Gasteiger partial charge in [-0.3, -0.25) is 0 Å². The van der Waals surface area contributed by atoms with Crippen molar-refractivity contribution in [3.63, 3.8) is 0 Å². The SMILES string of the molecule is C=C1C(=C)c2c(C)c(C)c3c4c(c(C)c(C)c1c24)C(=C)C3=C.CCN=NC. The van der Waals surface area contributed by atoms with Crippen LogP contribution in [0.4, 0.5) is 0 Å². The molecule has 0 N–H and O–H groups in total. The summed E-state index contributed by atoms with van der Waals surface area (Å²) >= 11 is 0. The molecule has 0 heterocycles. The Balaban J connectivity index is 0.000000376. The summed E-state index contributed by atoms with van der Waals surface area (Å²) in [6.45, 7) is 28.8. The molecular weight excluding hydrogens is 328 g/mol. The Hall–Kier alpha value is -2.74. The van der Waals surface area contributed by atoms with Gasteiger partial charge in [-0.25, -0.2) is 0 Å². The zero-order chi connectivity index (χ0) is 20.2. The van der Waals surface area contributed by atoms with Crippen molar-refractivity contribution in [3.05, 3.63) is 70.8 Å². The first-order valence-electron chi connectivity index (χ1n) is 9.33. The largest absolute Gasteiger partial charge is 0.198 e. The molecule has 0 aliphatic heterocycles. The van der Waals surface area contributed by atoms with Crippen molar-refractivity contribution < 1.29 is 0 Å². The number of azo groups is 1. The van der Waals surface area contributed by atoms with Gasteiger partial charge in [0.15, 0.2) is 0 Å². The summed E-state index contributed by atoms with van der Waals surface area (Å²) in [6, 6.07) is 0. The van der Waals surface area contributed by atoms with Crippen LogP contribution in [0.2, 0.25) is 0 Å². The lowest BCUT2D eigenvalue weighted by atomic mass is 9.88. The maximum atomic E-state index is 4.32. The smallest absolute Gasteiger partial charge is 0.0570 e. The van der Waals surface area contributed by atoms with Gasteiger partial charge in [0, 0.05) is 7.05 Å². The Morgan fingerprint density at radius 1 is 0.593 bits per heavy atom. The minimum absolute atomic E-state index is 0.802. The summed E-state index contributed by atoms with van der Waals surface area (Å²) in [5.41, 5.74) is 14.6. The topological polar surface area (TPSA) is 24.7 Å². The maximum absolute atomic E-state index is 4.32. The van der Waals surface area contributed by atoms with Gasteiger partial charge in [0.1, 0.15) is 0 Å². The number of benzene rings is 2. The van der Waals surface area contributed by atoms with E-state index < -0.39 is 0 Å². The van der Waals surface area contributed by atoms with Gasteiger partial charge in [-0.1, -0.05) is 26.3 Å². The molecule has 0 spiro atoms. The number of nitrogens with zero attached hydrogens (tertiary/aromatic N) is 2. The molecule has 0 saturated carbocycles. The van der Waals surface area contributed by atoms with Gasteiger partial charge >= 0.3 is 0 Å². The third kappa shape index (κ3) is 2.32. The van der Waals surface area contributed by atoms with E-state index in [0.29, 0.717) is 0 Å². The molecule has 0 radical (unpaired) electrons. The van der Waals surface area contributed by atoms with E-state index in [1.54, 1.807) is 7.05 Å². The molecule has 138 valence electrons. The third-order valence-electron chi connectivity index (χ3n) is 6.09. The van der Waals surface area contributed by atoms with E-state index in [0.717, 1.165) is 28.8 Å². The first-order valence-corrected chi connectivity index (χ1v) is 9.33. The summed E-state index contributed by atoms with van der Waals surface area (Å²) in [4.78, 5) is 0. The number of hydrogen-bond donors (Lipinski definition) is 0. The van der Waals surface area contributed by atoms with Gasteiger partial charge in [0.2, 0.25) is 0 Å². The average Bonchev–Trinajstić information content (AvgIpc) is 3.05. The second-order valence-corrected chi connectivity index (χ2v) is 7.32. The fraction of sp³-hybridized carbons (Fsp3) is 0.280. The Bertz CT molecular complexity index is 947. The summed E-state index contributed by atoms with van der Waals surface area (Å²) in [7, 11) is 1.67. The van der Waals surface area contributed by atoms with Crippen molar-refractivity contribution in [2.75, 3.05) is 13.6 Å². The predicted octanol–water partition coefficient (Wildman–Crippen LogP) is 7.24. The average molecular weight is 357 g/mol. The molecule has 0 amide bonds. The van der Waals surface area contributed by atoms with Crippen molar-refractivity contribution in [2.24, 2.45) is 10.2 Å². The van der Waals surface area contributed by atoms with E-state index >= 15 is 0 Å². The molecule has 0 aromatic heterocycles. The van der Waals surface area contributed by atoms with Crippen LogP contribution in [0.5, 0.6) is 0 Å². The summed E-state index contributed by atoms with van der Waals surface area (Å²) in [6.07, 6.45) is 0. The molecule has 2 aliphatic carbocycles. The molecule has 4 rings (SSSR count). The van der Waals surface area contributed by atoms with Crippen molar-refractivity contribution >= 4 is 33.1 Å². The van der Waals surface area contributed by atoms with E-state index in [-0.39, 0.29) is 0 Å². The minimum atomic E-state index is 0.802. The minimum Gasteiger partial charge on any atom is -0.198 e. The van der Waals surface area contributed by atoms with Gasteiger partial charge < -0.3 is 0 Å². The molecule has 0 saturated heterocycles. The van der Waals surface area contributed by atoms with Crippen LogP contribution in [0.15, 0.2) is 36.5 Å². The summed E-state index contributed by atoms with van der Waals surface area (Å²) in [5.74, 6) is 0. The molecule has 0 bridgehead atoms. The fourth-order valence-corrected chi connectivity index (χ4v) is 4.50. The zero-order valence-electron chi connectivity index (χ0n) is 17.4. The van der Waals surface area contributed by atoms with Gasteiger partial charge in [0.05, 0.1) is 6.54 Å². The second kappa shape index (κ2) is 6.45. The lowest BCUT2D eigenvalue weighted by Gasteiger charge is -2.15. The summed E-state index contributed by atoms with van der Waals surface area (Å²) < 4.78 is 0. The Morgan fingerprint density at radius 3 is 1.00 bits per heavy atom. The van der Waals surface area contributed by atoms with Crippen LogP contribution >= 0.6 is 0 Å². The zero-order valence-corrected chi connectivity index (χ0v) is 17.4. The van der Waals surface area contributed by atoms with E-state index in [1.165, 1.54) is 55.3 Å². The van der Waals surface area contributed by atoms with Crippen LogP contribution in [-0.2, 0) is 0 Å². The van der Waals surface area contributed by atoms with Crippen LogP contribution in [-0.4, -0.2) is 13.6 Å². The normalized spacial score (nSPS) is 14.6. The van der Waals surface area contributed by atoms with Crippen LogP contribution in [0.3, 0.4) is 0 Å². The molecule has 0 atom stereocenters. The Labute approximate surface area is 162 Å². The molecule has 2 aromatic rings. The molecule has 2 aromatic carbocycles. The highest BCUT2D eigenvalue weighted by molar-refractivity contribution is 6.31. The third-order valence-corrected chi connectivity index (χ3v) is 6.09. The van der Waals surface area contributed by atoms with Gasteiger partial charge in [-0.15, -0.1) is 0 Å². The summed E-state index contributed by atoms with van der Waals surface area (Å²) in [5, 5.41) is 9.73. The van der Waals surface area contributed by atoms with E-state index in [9.17, 15) is 0 Å². The highest BCUT2D eigenvalue weighted by atomic mass is 15.1. The van der Waals surface area contributed by atoms with Crippen LogP contribution in [0, 0.1) is 27.7 Å². The van der Waals surface area contributed by atoms with Crippen molar-refractivity contribution in [1.82, 2.24) is 0 Å². The molecular formula is C25H28N2. The Kier molecular flexibility index (Phi) is 4.55. The molecule has 2 nitrogen and oxygen atoms in total. The first kappa shape index (κ1) is 19.0. The monoisotopic (exact) mass is 356 g/mol. The lowest BCUT2D eigenvalue weighted by Crippen LogP contribution is -1.96. The van der Waals surface area contributed by atoms with E-state index in [1.807, 2.05) is 6.92 Å². The number of rotatable bonds is 1. The predicted molar refractivity (Wildman–Crippen MR) is 120 cm³/mol. The van der Waals surface area contributed by atoms with Crippen molar-refractivity contribution in [3.8, 4) is 0 Å². The highest BCUT2D eigenvalue weighted by Crippen LogP contribution is 2.56. The number of allylic oxidation sites excluding steroid dienone is 4. The van der Waals surface area contributed by atoms with Crippen LogP contribution in [0.1, 0.15) is 51.4 Å². The molecule has 27 heavy (non-hydrogen) atoms. The standard InChI is InChI=1S/C22H20.C3H8N2/c1-9-10(2)18-15(7)16(8)20-12(4)11(3)19-14(6)13(5)17(9)21(18)22(19)20;1-3-5-4-2/h1-4H2,5-8H3;3H2,1-2H3. The van der Waals surface area contributed by atoms with Crippen LogP contribution in [0.25, 0.3) is 33.1 Å². The van der Waals surface area contributed by atoms with E-state index in [2.05, 4.69) is 64.2 Å².